The van der Waals surface area contributed by atoms with Crippen LogP contribution < -0.4 is 4.90 Å². The van der Waals surface area contributed by atoms with Gasteiger partial charge in [-0.2, -0.15) is 0 Å². The van der Waals surface area contributed by atoms with Crippen molar-refractivity contribution in [3.05, 3.63) is 28.2 Å². The summed E-state index contributed by atoms with van der Waals surface area (Å²) in [6.07, 6.45) is 3.96. The molecular weight excluding hydrogens is 294 g/mol. The smallest absolute Gasteiger partial charge is 0.0821 e. The predicted octanol–water partition coefficient (Wildman–Crippen LogP) is 2.68. The molecule has 0 atom stereocenters. The molecule has 1 aromatic carbocycles. The van der Waals surface area contributed by atoms with Crippen molar-refractivity contribution in [3.63, 3.8) is 0 Å². The number of halogens is 1. The van der Waals surface area contributed by atoms with Gasteiger partial charge in [0.05, 0.1) is 12.2 Å². The maximum Gasteiger partial charge on any atom is 0.0821 e. The first-order chi connectivity index (χ1) is 8.54. The Hall–Kier alpha value is -0.580. The lowest BCUT2D eigenvalue weighted by atomic mass is 10.0. The molecule has 0 unspecified atom stereocenters. The first-order valence-electron chi connectivity index (χ1n) is 6.37. The molecule has 0 spiro atoms. The minimum absolute atomic E-state index is 0.0192. The van der Waals surface area contributed by atoms with E-state index in [0.717, 1.165) is 41.4 Å². The zero-order valence-electron chi connectivity index (χ0n) is 10.7. The molecule has 2 N–H and O–H groups in total. The zero-order valence-corrected chi connectivity index (χ0v) is 12.3. The molecule has 0 amide bonds. The zero-order chi connectivity index (χ0) is 13.2. The average Bonchev–Trinajstić information content (AvgIpc) is 2.75. The highest BCUT2D eigenvalue weighted by Gasteiger charge is 2.32. The molecule has 100 valence electrons. The average molecular weight is 314 g/mol. The quantitative estimate of drug-likeness (QED) is 0.898. The predicted molar refractivity (Wildman–Crippen MR) is 76.8 cm³/mol. The van der Waals surface area contributed by atoms with Crippen LogP contribution in [-0.4, -0.2) is 29.4 Å². The summed E-state index contributed by atoms with van der Waals surface area (Å²) in [5.74, 6) is 0. The van der Waals surface area contributed by atoms with E-state index in [0.29, 0.717) is 6.54 Å². The maximum absolute atomic E-state index is 10.4. The van der Waals surface area contributed by atoms with Crippen molar-refractivity contribution < 1.29 is 10.2 Å². The van der Waals surface area contributed by atoms with E-state index in [4.69, 9.17) is 0 Å². The third kappa shape index (κ3) is 3.05. The Labute approximate surface area is 117 Å². The van der Waals surface area contributed by atoms with Crippen molar-refractivity contribution in [2.75, 3.05) is 18.5 Å². The molecule has 0 aromatic heterocycles. The van der Waals surface area contributed by atoms with Crippen molar-refractivity contribution in [1.82, 2.24) is 0 Å². The number of aliphatic hydroxyl groups excluding tert-OH is 1. The fourth-order valence-corrected chi connectivity index (χ4v) is 3.09. The van der Waals surface area contributed by atoms with Crippen molar-refractivity contribution >= 4 is 21.6 Å². The van der Waals surface area contributed by atoms with Crippen LogP contribution in [0.4, 0.5) is 5.69 Å². The van der Waals surface area contributed by atoms with Crippen LogP contribution in [0.15, 0.2) is 22.7 Å². The molecule has 1 aromatic rings. The summed E-state index contributed by atoms with van der Waals surface area (Å²) in [6, 6.07) is 5.83. The van der Waals surface area contributed by atoms with Crippen LogP contribution in [0.5, 0.6) is 0 Å². The van der Waals surface area contributed by atoms with Gasteiger partial charge in [-0.05, 0) is 25.0 Å². The molecule has 0 aliphatic heterocycles. The Balaban J connectivity index is 2.17. The monoisotopic (exact) mass is 313 g/mol. The van der Waals surface area contributed by atoms with E-state index in [2.05, 4.69) is 15.9 Å². The van der Waals surface area contributed by atoms with Crippen LogP contribution in [0.3, 0.4) is 0 Å². The van der Waals surface area contributed by atoms with Crippen LogP contribution in [0, 0.1) is 0 Å². The van der Waals surface area contributed by atoms with Gasteiger partial charge in [0.2, 0.25) is 0 Å². The summed E-state index contributed by atoms with van der Waals surface area (Å²) >= 11 is 3.45. The molecular formula is C14H20BrNO2. The van der Waals surface area contributed by atoms with Gasteiger partial charge in [0.25, 0.3) is 0 Å². The Morgan fingerprint density at radius 3 is 2.61 bits per heavy atom. The molecule has 1 aliphatic rings. The van der Waals surface area contributed by atoms with E-state index >= 15 is 0 Å². The third-order valence-electron chi connectivity index (χ3n) is 3.69. The minimum atomic E-state index is -0.566. The molecule has 2 rings (SSSR count). The Morgan fingerprint density at radius 1 is 1.33 bits per heavy atom. The lowest BCUT2D eigenvalue weighted by Gasteiger charge is -2.31. The SMILES string of the molecule is CN(CC1(O)CCCC1)c1cc(Br)ccc1CO. The second kappa shape index (κ2) is 5.59. The van der Waals surface area contributed by atoms with E-state index in [9.17, 15) is 10.2 Å². The largest absolute Gasteiger partial charge is 0.392 e. The maximum atomic E-state index is 10.4. The first kappa shape index (κ1) is 13.8. The van der Waals surface area contributed by atoms with E-state index < -0.39 is 5.60 Å². The van der Waals surface area contributed by atoms with Gasteiger partial charge in [-0.3, -0.25) is 0 Å². The van der Waals surface area contributed by atoms with Gasteiger partial charge in [0, 0.05) is 29.3 Å². The second-order valence-electron chi connectivity index (χ2n) is 5.22. The molecule has 1 saturated carbocycles. The Bertz CT molecular complexity index is 416. The number of benzene rings is 1. The molecule has 4 heteroatoms. The summed E-state index contributed by atoms with van der Waals surface area (Å²) in [4.78, 5) is 2.04. The number of anilines is 1. The molecule has 0 heterocycles. The topological polar surface area (TPSA) is 43.7 Å². The second-order valence-corrected chi connectivity index (χ2v) is 6.13. The molecule has 0 radical (unpaired) electrons. The molecule has 0 bridgehead atoms. The first-order valence-corrected chi connectivity index (χ1v) is 7.16. The van der Waals surface area contributed by atoms with Gasteiger partial charge in [-0.1, -0.05) is 34.8 Å². The van der Waals surface area contributed by atoms with E-state index in [1.165, 1.54) is 0 Å². The standard InChI is InChI=1S/C14H20BrNO2/c1-16(10-14(18)6-2-3-7-14)13-8-12(15)5-4-11(13)9-17/h4-5,8,17-18H,2-3,6-7,9-10H2,1H3. The number of aliphatic hydroxyl groups is 2. The van der Waals surface area contributed by atoms with Gasteiger partial charge in [-0.25, -0.2) is 0 Å². The number of rotatable bonds is 4. The fourth-order valence-electron chi connectivity index (χ4n) is 2.74. The summed E-state index contributed by atoms with van der Waals surface area (Å²) < 4.78 is 0.986. The highest BCUT2D eigenvalue weighted by Crippen LogP contribution is 2.32. The normalized spacial score (nSPS) is 18.0. The number of hydrogen-bond acceptors (Lipinski definition) is 3. The van der Waals surface area contributed by atoms with E-state index in [-0.39, 0.29) is 6.61 Å². The summed E-state index contributed by atoms with van der Waals surface area (Å²) in [5.41, 5.74) is 1.30. The van der Waals surface area contributed by atoms with Gasteiger partial charge in [0.1, 0.15) is 0 Å². The van der Waals surface area contributed by atoms with Gasteiger partial charge in [0.15, 0.2) is 0 Å². The van der Waals surface area contributed by atoms with Crippen molar-refractivity contribution in [3.8, 4) is 0 Å². The molecule has 18 heavy (non-hydrogen) atoms. The molecule has 1 fully saturated rings. The van der Waals surface area contributed by atoms with Gasteiger partial charge < -0.3 is 15.1 Å². The highest BCUT2D eigenvalue weighted by molar-refractivity contribution is 9.10. The van der Waals surface area contributed by atoms with Crippen LogP contribution in [-0.2, 0) is 6.61 Å². The minimum Gasteiger partial charge on any atom is -0.392 e. The van der Waals surface area contributed by atoms with E-state index in [1.54, 1.807) is 0 Å². The van der Waals surface area contributed by atoms with Crippen molar-refractivity contribution in [2.24, 2.45) is 0 Å². The van der Waals surface area contributed by atoms with Crippen LogP contribution in [0.25, 0.3) is 0 Å². The summed E-state index contributed by atoms with van der Waals surface area (Å²) in [6.45, 7) is 0.641. The number of hydrogen-bond donors (Lipinski definition) is 2. The van der Waals surface area contributed by atoms with Crippen molar-refractivity contribution in [2.45, 2.75) is 37.9 Å². The van der Waals surface area contributed by atoms with Crippen LogP contribution in [0.1, 0.15) is 31.2 Å². The number of nitrogens with zero attached hydrogens (tertiary/aromatic N) is 1. The van der Waals surface area contributed by atoms with Crippen LogP contribution in [0.2, 0.25) is 0 Å². The van der Waals surface area contributed by atoms with E-state index in [1.807, 2.05) is 30.1 Å². The Kier molecular flexibility index (Phi) is 4.30. The summed E-state index contributed by atoms with van der Waals surface area (Å²) in [7, 11) is 1.97. The van der Waals surface area contributed by atoms with Gasteiger partial charge >= 0.3 is 0 Å². The highest BCUT2D eigenvalue weighted by atomic mass is 79.9. The lowest BCUT2D eigenvalue weighted by molar-refractivity contribution is 0.0558. The molecule has 3 nitrogen and oxygen atoms in total. The molecule has 1 aliphatic carbocycles. The lowest BCUT2D eigenvalue weighted by Crippen LogP contribution is -2.39. The fraction of sp³-hybridized carbons (Fsp3) is 0.571. The van der Waals surface area contributed by atoms with Gasteiger partial charge in [-0.15, -0.1) is 0 Å². The molecule has 0 saturated heterocycles. The number of likely N-dealkylation sites (N-methyl/N-ethyl adjacent to an activating group) is 1. The third-order valence-corrected chi connectivity index (χ3v) is 4.19. The van der Waals surface area contributed by atoms with Crippen molar-refractivity contribution in [1.29, 1.82) is 0 Å². The summed E-state index contributed by atoms with van der Waals surface area (Å²) in [5, 5.41) is 19.8. The Morgan fingerprint density at radius 2 is 2.00 bits per heavy atom. The van der Waals surface area contributed by atoms with Crippen LogP contribution >= 0.6 is 15.9 Å².